The smallest absolute Gasteiger partial charge is 0.0991 e. The van der Waals surface area contributed by atoms with E-state index >= 15 is 0 Å². The van der Waals surface area contributed by atoms with Crippen molar-refractivity contribution in [2.24, 2.45) is 0 Å². The highest BCUT2D eigenvalue weighted by Crippen LogP contribution is 2.34. The fourth-order valence-corrected chi connectivity index (χ4v) is 4.39. The molecule has 1 aliphatic heterocycles. The van der Waals surface area contributed by atoms with Gasteiger partial charge in [-0.15, -0.1) is 11.3 Å². The van der Waals surface area contributed by atoms with Crippen molar-refractivity contribution in [2.45, 2.75) is 45.2 Å². The van der Waals surface area contributed by atoms with Crippen LogP contribution in [0.4, 0.5) is 0 Å². The maximum Gasteiger partial charge on any atom is 0.0991 e. The number of nitrogens with one attached hydrogen (secondary N) is 1. The summed E-state index contributed by atoms with van der Waals surface area (Å²) in [5.74, 6) is 0. The second kappa shape index (κ2) is 7.28. The third-order valence-corrected chi connectivity index (χ3v) is 5.18. The lowest BCUT2D eigenvalue weighted by Gasteiger charge is -2.30. The molecule has 0 spiro atoms. The summed E-state index contributed by atoms with van der Waals surface area (Å²) >= 11 is 13.6. The molecule has 0 radical (unpaired) electrons. The normalized spacial score (nSPS) is 20.4. The summed E-state index contributed by atoms with van der Waals surface area (Å²) in [5.41, 5.74) is 1.11. The molecule has 1 N–H and O–H groups in total. The van der Waals surface area contributed by atoms with Crippen LogP contribution in [0.1, 0.15) is 44.7 Å². The first-order chi connectivity index (χ1) is 9.06. The summed E-state index contributed by atoms with van der Waals surface area (Å²) in [6, 6.07) is 2.68. The monoisotopic (exact) mass is 320 g/mol. The second-order valence-corrected chi connectivity index (χ2v) is 7.72. The van der Waals surface area contributed by atoms with Gasteiger partial charge in [0.2, 0.25) is 0 Å². The molecular formula is C14H22Cl2N2S. The lowest BCUT2D eigenvalue weighted by atomic mass is 10.1. The average Bonchev–Trinajstić information content (AvgIpc) is 2.69. The van der Waals surface area contributed by atoms with Crippen LogP contribution in [0.2, 0.25) is 8.67 Å². The Hall–Kier alpha value is 0.200. The van der Waals surface area contributed by atoms with Crippen molar-refractivity contribution in [1.29, 1.82) is 0 Å². The van der Waals surface area contributed by atoms with Gasteiger partial charge in [-0.1, -0.05) is 29.6 Å². The number of piperidine rings is 1. The SMILES string of the molecule is CC(CN1CCCCC1)NC(C)c1cc(Cl)sc1Cl. The van der Waals surface area contributed by atoms with E-state index < -0.39 is 0 Å². The molecule has 0 amide bonds. The molecule has 2 unspecified atom stereocenters. The fourth-order valence-electron chi connectivity index (χ4n) is 2.75. The van der Waals surface area contributed by atoms with Crippen LogP contribution >= 0.6 is 34.5 Å². The van der Waals surface area contributed by atoms with Crippen LogP contribution in [0.5, 0.6) is 0 Å². The van der Waals surface area contributed by atoms with Crippen molar-refractivity contribution in [2.75, 3.05) is 19.6 Å². The van der Waals surface area contributed by atoms with E-state index in [1.807, 2.05) is 6.07 Å². The average molecular weight is 321 g/mol. The van der Waals surface area contributed by atoms with E-state index in [2.05, 4.69) is 24.1 Å². The number of nitrogens with zero attached hydrogens (tertiary/aromatic N) is 1. The molecule has 2 rings (SSSR count). The predicted octanol–water partition coefficient (Wildman–Crippen LogP) is 4.58. The summed E-state index contributed by atoms with van der Waals surface area (Å²) in [5, 5.41) is 3.62. The number of hydrogen-bond acceptors (Lipinski definition) is 3. The molecule has 2 nitrogen and oxygen atoms in total. The molecule has 0 aromatic carbocycles. The summed E-state index contributed by atoms with van der Waals surface area (Å²) in [6.07, 6.45) is 4.07. The van der Waals surface area contributed by atoms with Gasteiger partial charge in [0, 0.05) is 18.6 Å². The van der Waals surface area contributed by atoms with Crippen molar-refractivity contribution in [3.8, 4) is 0 Å². The van der Waals surface area contributed by atoms with Gasteiger partial charge in [-0.3, -0.25) is 0 Å². The van der Waals surface area contributed by atoms with Gasteiger partial charge in [0.15, 0.2) is 0 Å². The molecule has 1 aromatic rings. The van der Waals surface area contributed by atoms with Crippen molar-refractivity contribution in [3.05, 3.63) is 20.3 Å². The highest BCUT2D eigenvalue weighted by atomic mass is 35.5. The molecule has 1 saturated heterocycles. The Morgan fingerprint density at radius 1 is 1.26 bits per heavy atom. The van der Waals surface area contributed by atoms with Crippen molar-refractivity contribution < 1.29 is 0 Å². The quantitative estimate of drug-likeness (QED) is 0.854. The van der Waals surface area contributed by atoms with Crippen molar-refractivity contribution in [1.82, 2.24) is 10.2 Å². The summed E-state index contributed by atoms with van der Waals surface area (Å²) in [7, 11) is 0. The van der Waals surface area contributed by atoms with Gasteiger partial charge in [-0.05, 0) is 51.4 Å². The molecule has 1 fully saturated rings. The van der Waals surface area contributed by atoms with Gasteiger partial charge < -0.3 is 10.2 Å². The van der Waals surface area contributed by atoms with Crippen LogP contribution in [-0.4, -0.2) is 30.6 Å². The topological polar surface area (TPSA) is 15.3 Å². The first-order valence-electron chi connectivity index (χ1n) is 6.99. The molecule has 0 saturated carbocycles. The van der Waals surface area contributed by atoms with E-state index in [1.165, 1.54) is 43.7 Å². The van der Waals surface area contributed by atoms with Crippen LogP contribution in [0.15, 0.2) is 6.07 Å². The third kappa shape index (κ3) is 4.61. The van der Waals surface area contributed by atoms with Gasteiger partial charge >= 0.3 is 0 Å². The number of hydrogen-bond donors (Lipinski definition) is 1. The Labute approximate surface area is 130 Å². The van der Waals surface area contributed by atoms with Crippen LogP contribution in [0, 0.1) is 0 Å². The van der Waals surface area contributed by atoms with Crippen molar-refractivity contribution >= 4 is 34.5 Å². The molecule has 5 heteroatoms. The predicted molar refractivity (Wildman–Crippen MR) is 85.6 cm³/mol. The van der Waals surface area contributed by atoms with Crippen LogP contribution in [0.25, 0.3) is 0 Å². The Balaban J connectivity index is 1.84. The van der Waals surface area contributed by atoms with E-state index in [0.717, 1.165) is 20.8 Å². The number of thiophene rings is 1. The third-order valence-electron chi connectivity index (χ3n) is 3.66. The zero-order chi connectivity index (χ0) is 13.8. The fraction of sp³-hybridized carbons (Fsp3) is 0.714. The van der Waals surface area contributed by atoms with E-state index in [9.17, 15) is 0 Å². The zero-order valence-corrected chi connectivity index (χ0v) is 13.9. The molecule has 1 aliphatic rings. The maximum atomic E-state index is 6.20. The summed E-state index contributed by atoms with van der Waals surface area (Å²) < 4.78 is 1.56. The van der Waals surface area contributed by atoms with Gasteiger partial charge in [0.05, 0.1) is 8.67 Å². The zero-order valence-electron chi connectivity index (χ0n) is 11.6. The molecular weight excluding hydrogens is 299 g/mol. The van der Waals surface area contributed by atoms with Crippen molar-refractivity contribution in [3.63, 3.8) is 0 Å². The number of halogens is 2. The Morgan fingerprint density at radius 3 is 2.53 bits per heavy atom. The van der Waals surface area contributed by atoms with E-state index in [4.69, 9.17) is 23.2 Å². The van der Waals surface area contributed by atoms with E-state index in [-0.39, 0.29) is 6.04 Å². The molecule has 19 heavy (non-hydrogen) atoms. The maximum absolute atomic E-state index is 6.20. The van der Waals surface area contributed by atoms with Gasteiger partial charge in [0.25, 0.3) is 0 Å². The van der Waals surface area contributed by atoms with Crippen LogP contribution in [0.3, 0.4) is 0 Å². The van der Waals surface area contributed by atoms with E-state index in [1.54, 1.807) is 0 Å². The number of rotatable bonds is 5. The number of likely N-dealkylation sites (tertiary alicyclic amines) is 1. The Morgan fingerprint density at radius 2 is 1.95 bits per heavy atom. The summed E-state index contributed by atoms with van der Waals surface area (Å²) in [6.45, 7) is 7.99. The molecule has 0 bridgehead atoms. The highest BCUT2D eigenvalue weighted by Gasteiger charge is 2.18. The standard InChI is InChI=1S/C14H22Cl2N2S/c1-10(9-18-6-4-3-5-7-18)17-11(2)12-8-13(15)19-14(12)16/h8,10-11,17H,3-7,9H2,1-2H3. The first-order valence-corrected chi connectivity index (χ1v) is 8.56. The van der Waals surface area contributed by atoms with E-state index in [0.29, 0.717) is 6.04 Å². The minimum atomic E-state index is 0.246. The molecule has 0 aliphatic carbocycles. The molecule has 108 valence electrons. The highest BCUT2D eigenvalue weighted by molar-refractivity contribution is 7.20. The Bertz CT molecular complexity index is 402. The molecule has 2 heterocycles. The van der Waals surface area contributed by atoms with Crippen LogP contribution < -0.4 is 5.32 Å². The lowest BCUT2D eigenvalue weighted by Crippen LogP contribution is -2.42. The minimum Gasteiger partial charge on any atom is -0.306 e. The van der Waals surface area contributed by atoms with Crippen LogP contribution in [-0.2, 0) is 0 Å². The molecule has 1 aromatic heterocycles. The second-order valence-electron chi connectivity index (χ2n) is 5.43. The minimum absolute atomic E-state index is 0.246. The summed E-state index contributed by atoms with van der Waals surface area (Å²) in [4.78, 5) is 2.55. The molecule has 2 atom stereocenters. The lowest BCUT2D eigenvalue weighted by molar-refractivity contribution is 0.205. The van der Waals surface area contributed by atoms with Gasteiger partial charge in [-0.2, -0.15) is 0 Å². The largest absolute Gasteiger partial charge is 0.306 e. The Kier molecular flexibility index (Phi) is 5.97. The first kappa shape index (κ1) is 15.6. The van der Waals surface area contributed by atoms with Gasteiger partial charge in [-0.25, -0.2) is 0 Å². The van der Waals surface area contributed by atoms with Gasteiger partial charge in [0.1, 0.15) is 0 Å².